The third-order valence-electron chi connectivity index (χ3n) is 2.63. The first kappa shape index (κ1) is 13.8. The topological polar surface area (TPSA) is 46.3 Å². The zero-order chi connectivity index (χ0) is 13.0. The van der Waals surface area contributed by atoms with Crippen molar-refractivity contribution in [3.63, 3.8) is 0 Å². The Balaban J connectivity index is 2.78. The molecule has 0 fully saturated rings. The summed E-state index contributed by atoms with van der Waals surface area (Å²) >= 11 is 5.87. The van der Waals surface area contributed by atoms with Crippen molar-refractivity contribution in [1.82, 2.24) is 4.90 Å². The Morgan fingerprint density at radius 2 is 2.12 bits per heavy atom. The average molecular weight is 255 g/mol. The predicted molar refractivity (Wildman–Crippen MR) is 72.3 cm³/mol. The van der Waals surface area contributed by atoms with E-state index in [-0.39, 0.29) is 5.91 Å². The van der Waals surface area contributed by atoms with E-state index in [1.165, 1.54) is 0 Å². The molecule has 2 N–H and O–H groups in total. The summed E-state index contributed by atoms with van der Waals surface area (Å²) in [6.45, 7) is 4.99. The Morgan fingerprint density at radius 3 is 2.71 bits per heavy atom. The fraction of sp³-hybridized carbons (Fsp3) is 0.462. The summed E-state index contributed by atoms with van der Waals surface area (Å²) in [4.78, 5) is 13.8. The highest BCUT2D eigenvalue weighted by atomic mass is 35.5. The van der Waals surface area contributed by atoms with Gasteiger partial charge in [-0.25, -0.2) is 0 Å². The lowest BCUT2D eigenvalue weighted by molar-refractivity contribution is 0.0790. The number of nitrogens with two attached hydrogens (primary N) is 1. The van der Waals surface area contributed by atoms with Crippen LogP contribution < -0.4 is 5.73 Å². The van der Waals surface area contributed by atoms with E-state index in [1.54, 1.807) is 30.1 Å². The van der Waals surface area contributed by atoms with Gasteiger partial charge in [0.15, 0.2) is 0 Å². The normalized spacial score (nSPS) is 10.6. The molecule has 0 spiro atoms. The van der Waals surface area contributed by atoms with Gasteiger partial charge in [0.1, 0.15) is 0 Å². The second-order valence-electron chi connectivity index (χ2n) is 4.64. The molecule has 0 aliphatic rings. The van der Waals surface area contributed by atoms with Crippen LogP contribution in [0.25, 0.3) is 0 Å². The Kier molecular flexibility index (Phi) is 4.82. The highest BCUT2D eigenvalue weighted by molar-refractivity contribution is 6.31. The minimum absolute atomic E-state index is 0.0781. The van der Waals surface area contributed by atoms with Gasteiger partial charge in [-0.15, -0.1) is 0 Å². The van der Waals surface area contributed by atoms with Gasteiger partial charge < -0.3 is 10.6 Å². The van der Waals surface area contributed by atoms with Crippen LogP contribution in [0, 0.1) is 5.92 Å². The molecule has 0 atom stereocenters. The highest BCUT2D eigenvalue weighted by Crippen LogP contribution is 2.19. The van der Waals surface area contributed by atoms with Crippen molar-refractivity contribution in [2.24, 2.45) is 5.92 Å². The number of anilines is 1. The van der Waals surface area contributed by atoms with Gasteiger partial charge in [-0.1, -0.05) is 25.4 Å². The highest BCUT2D eigenvalue weighted by Gasteiger charge is 2.15. The standard InChI is InChI=1S/C13H19ClN2O/c1-9(2)6-7-16(3)13(17)11-8-10(14)4-5-12(11)15/h4-5,8-9H,6-7,15H2,1-3H3. The van der Waals surface area contributed by atoms with Gasteiger partial charge in [-0.3, -0.25) is 4.79 Å². The molecule has 94 valence electrons. The number of nitrogen functional groups attached to an aromatic ring is 1. The zero-order valence-corrected chi connectivity index (χ0v) is 11.3. The summed E-state index contributed by atoms with van der Waals surface area (Å²) in [5.74, 6) is 0.493. The molecule has 0 aliphatic carbocycles. The van der Waals surface area contributed by atoms with Crippen molar-refractivity contribution in [3.05, 3.63) is 28.8 Å². The summed E-state index contributed by atoms with van der Waals surface area (Å²) in [6, 6.07) is 4.96. The molecule has 4 heteroatoms. The molecule has 0 saturated heterocycles. The van der Waals surface area contributed by atoms with Crippen LogP contribution >= 0.6 is 11.6 Å². The summed E-state index contributed by atoms with van der Waals surface area (Å²) in [5.41, 5.74) is 6.72. The first-order valence-electron chi connectivity index (χ1n) is 5.72. The van der Waals surface area contributed by atoms with E-state index in [1.807, 2.05) is 0 Å². The van der Waals surface area contributed by atoms with E-state index in [9.17, 15) is 4.79 Å². The summed E-state index contributed by atoms with van der Waals surface area (Å²) in [5, 5.41) is 0.528. The van der Waals surface area contributed by atoms with Crippen LogP contribution in [0.1, 0.15) is 30.6 Å². The largest absolute Gasteiger partial charge is 0.398 e. The van der Waals surface area contributed by atoms with Crippen LogP contribution in [0.5, 0.6) is 0 Å². The molecule has 1 aromatic rings. The molecule has 0 saturated carbocycles. The van der Waals surface area contributed by atoms with Crippen molar-refractivity contribution < 1.29 is 4.79 Å². The van der Waals surface area contributed by atoms with Crippen LogP contribution in [0.15, 0.2) is 18.2 Å². The number of nitrogens with zero attached hydrogens (tertiary/aromatic N) is 1. The van der Waals surface area contributed by atoms with Gasteiger partial charge in [0.05, 0.1) is 5.56 Å². The lowest BCUT2D eigenvalue weighted by Gasteiger charge is -2.19. The van der Waals surface area contributed by atoms with Crippen molar-refractivity contribution in [2.45, 2.75) is 20.3 Å². The molecule has 1 amide bonds. The molecule has 0 aromatic heterocycles. The SMILES string of the molecule is CC(C)CCN(C)C(=O)c1cc(Cl)ccc1N. The fourth-order valence-corrected chi connectivity index (χ4v) is 1.64. The predicted octanol–water partition coefficient (Wildman–Crippen LogP) is 3.04. The van der Waals surface area contributed by atoms with Gasteiger partial charge >= 0.3 is 0 Å². The van der Waals surface area contributed by atoms with E-state index in [0.717, 1.165) is 13.0 Å². The van der Waals surface area contributed by atoms with Crippen molar-refractivity contribution in [1.29, 1.82) is 0 Å². The first-order chi connectivity index (χ1) is 7.91. The van der Waals surface area contributed by atoms with Gasteiger partial charge in [-0.05, 0) is 30.5 Å². The van der Waals surface area contributed by atoms with Crippen LogP contribution in [0.4, 0.5) is 5.69 Å². The van der Waals surface area contributed by atoms with E-state index in [4.69, 9.17) is 17.3 Å². The van der Waals surface area contributed by atoms with Crippen molar-refractivity contribution in [3.8, 4) is 0 Å². The molecule has 1 aromatic carbocycles. The number of hydrogen-bond acceptors (Lipinski definition) is 2. The van der Waals surface area contributed by atoms with Gasteiger partial charge in [-0.2, -0.15) is 0 Å². The monoisotopic (exact) mass is 254 g/mol. The quantitative estimate of drug-likeness (QED) is 0.840. The van der Waals surface area contributed by atoms with Gasteiger partial charge in [0, 0.05) is 24.3 Å². The van der Waals surface area contributed by atoms with E-state index >= 15 is 0 Å². The van der Waals surface area contributed by atoms with E-state index in [2.05, 4.69) is 13.8 Å². The molecule has 1 rings (SSSR count). The smallest absolute Gasteiger partial charge is 0.255 e. The van der Waals surface area contributed by atoms with Crippen LogP contribution in [-0.2, 0) is 0 Å². The molecule has 0 bridgehead atoms. The summed E-state index contributed by atoms with van der Waals surface area (Å²) < 4.78 is 0. The first-order valence-corrected chi connectivity index (χ1v) is 6.10. The number of benzene rings is 1. The maximum atomic E-state index is 12.1. The third-order valence-corrected chi connectivity index (χ3v) is 2.87. The van der Waals surface area contributed by atoms with Gasteiger partial charge in [0.25, 0.3) is 5.91 Å². The number of carbonyl (C=O) groups excluding carboxylic acids is 1. The summed E-state index contributed by atoms with van der Waals surface area (Å²) in [7, 11) is 1.78. The van der Waals surface area contributed by atoms with Crippen LogP contribution in [0.3, 0.4) is 0 Å². The maximum Gasteiger partial charge on any atom is 0.255 e. The lowest BCUT2D eigenvalue weighted by Crippen LogP contribution is -2.29. The summed E-state index contributed by atoms with van der Waals surface area (Å²) in [6.07, 6.45) is 0.975. The second-order valence-corrected chi connectivity index (χ2v) is 5.08. The Labute approximate surface area is 108 Å². The van der Waals surface area contributed by atoms with Crippen molar-refractivity contribution in [2.75, 3.05) is 19.3 Å². The van der Waals surface area contributed by atoms with E-state index in [0.29, 0.717) is 22.2 Å². The minimum Gasteiger partial charge on any atom is -0.398 e. The maximum absolute atomic E-state index is 12.1. The Hall–Kier alpha value is -1.22. The molecule has 0 aliphatic heterocycles. The van der Waals surface area contributed by atoms with E-state index < -0.39 is 0 Å². The average Bonchev–Trinajstić information content (AvgIpc) is 2.28. The molecule has 0 heterocycles. The number of amides is 1. The Morgan fingerprint density at radius 1 is 1.47 bits per heavy atom. The van der Waals surface area contributed by atoms with Crippen LogP contribution in [0.2, 0.25) is 5.02 Å². The number of halogens is 1. The molecular weight excluding hydrogens is 236 g/mol. The zero-order valence-electron chi connectivity index (χ0n) is 10.5. The number of rotatable bonds is 4. The van der Waals surface area contributed by atoms with Crippen LogP contribution in [-0.4, -0.2) is 24.4 Å². The number of hydrogen-bond donors (Lipinski definition) is 1. The molecule has 0 radical (unpaired) electrons. The minimum atomic E-state index is -0.0781. The number of carbonyl (C=O) groups is 1. The van der Waals surface area contributed by atoms with Crippen molar-refractivity contribution >= 4 is 23.2 Å². The molecule has 17 heavy (non-hydrogen) atoms. The van der Waals surface area contributed by atoms with Gasteiger partial charge in [0.2, 0.25) is 0 Å². The Bertz CT molecular complexity index is 404. The second kappa shape index (κ2) is 5.92. The lowest BCUT2D eigenvalue weighted by atomic mass is 10.1. The fourth-order valence-electron chi connectivity index (χ4n) is 1.47. The third kappa shape index (κ3) is 3.93. The molecule has 3 nitrogen and oxygen atoms in total. The molecular formula is C13H19ClN2O. The molecule has 0 unspecified atom stereocenters.